The summed E-state index contributed by atoms with van der Waals surface area (Å²) >= 11 is 3.30. The van der Waals surface area contributed by atoms with Crippen LogP contribution in [0.4, 0.5) is 4.79 Å². The quantitative estimate of drug-likeness (QED) is 0.682. The smallest absolute Gasteiger partial charge is 0.408 e. The topological polar surface area (TPSA) is 84.5 Å². The number of rotatable bonds is 4. The molecule has 0 aliphatic heterocycles. The van der Waals surface area contributed by atoms with E-state index in [2.05, 4.69) is 26.0 Å². The summed E-state index contributed by atoms with van der Waals surface area (Å²) in [6.45, 7) is 5.32. The minimum atomic E-state index is -3.80. The van der Waals surface area contributed by atoms with Crippen molar-refractivity contribution in [1.29, 1.82) is 0 Å². The molecule has 0 unspecified atom stereocenters. The van der Waals surface area contributed by atoms with Crippen LogP contribution in [0.5, 0.6) is 0 Å². The molecule has 0 saturated carbocycles. The average molecular weight is 479 g/mol. The number of hydrogen-bond acceptors (Lipinski definition) is 4. The van der Waals surface area contributed by atoms with Crippen molar-refractivity contribution in [3.05, 3.63) is 70.2 Å². The Morgan fingerprint density at radius 3 is 2.38 bits per heavy atom. The summed E-state index contributed by atoms with van der Waals surface area (Å²) in [5, 5.41) is 2.82. The normalized spacial score (nSPS) is 18.8. The van der Waals surface area contributed by atoms with Gasteiger partial charge < -0.3 is 10.1 Å². The van der Waals surface area contributed by atoms with Gasteiger partial charge in [0, 0.05) is 4.47 Å². The number of sulfonamides is 1. The van der Waals surface area contributed by atoms with Crippen molar-refractivity contribution >= 4 is 38.1 Å². The molecule has 1 aliphatic rings. The zero-order chi connectivity index (χ0) is 21.2. The van der Waals surface area contributed by atoms with E-state index in [1.54, 1.807) is 39.0 Å². The summed E-state index contributed by atoms with van der Waals surface area (Å²) in [4.78, 5) is 12.6. The minimum absolute atomic E-state index is 0.143. The summed E-state index contributed by atoms with van der Waals surface area (Å²) in [5.74, 6) is 0. The molecule has 2 atom stereocenters. The number of hydrogen-bond donors (Lipinski definition) is 2. The number of carbonyl (C=O) groups is 1. The Hall–Kier alpha value is -2.16. The number of ether oxygens (including phenoxy) is 1. The second kappa shape index (κ2) is 8.30. The van der Waals surface area contributed by atoms with Gasteiger partial charge in [0.15, 0.2) is 0 Å². The molecule has 0 bridgehead atoms. The van der Waals surface area contributed by atoms with Crippen LogP contribution in [0, 0.1) is 0 Å². The first-order valence-corrected chi connectivity index (χ1v) is 11.4. The maximum Gasteiger partial charge on any atom is 0.408 e. The minimum Gasteiger partial charge on any atom is -0.444 e. The van der Waals surface area contributed by atoms with E-state index < -0.39 is 33.8 Å². The summed E-state index contributed by atoms with van der Waals surface area (Å²) in [5.41, 5.74) is 1.05. The number of amides is 1. The molecular formula is C21H23BrN2O4S. The lowest BCUT2D eigenvalue weighted by atomic mass is 9.90. The Morgan fingerprint density at radius 1 is 1.07 bits per heavy atom. The molecule has 0 radical (unpaired) electrons. The van der Waals surface area contributed by atoms with Gasteiger partial charge in [0.05, 0.1) is 17.0 Å². The second-order valence-electron chi connectivity index (χ2n) is 7.71. The van der Waals surface area contributed by atoms with Crippen LogP contribution in [0.2, 0.25) is 0 Å². The maximum atomic E-state index is 12.9. The Balaban J connectivity index is 1.89. The third-order valence-electron chi connectivity index (χ3n) is 4.26. The molecule has 1 aliphatic carbocycles. The van der Waals surface area contributed by atoms with Crippen molar-refractivity contribution in [2.75, 3.05) is 0 Å². The van der Waals surface area contributed by atoms with Crippen LogP contribution in [0.15, 0.2) is 64.0 Å². The van der Waals surface area contributed by atoms with E-state index in [4.69, 9.17) is 4.74 Å². The zero-order valence-corrected chi connectivity index (χ0v) is 18.7. The molecular weight excluding hydrogens is 456 g/mol. The molecule has 154 valence electrons. The summed E-state index contributed by atoms with van der Waals surface area (Å²) in [6.07, 6.45) is 2.97. The third kappa shape index (κ3) is 5.46. The van der Waals surface area contributed by atoms with Crippen LogP contribution in [-0.4, -0.2) is 26.2 Å². The second-order valence-corrected chi connectivity index (χ2v) is 10.3. The first kappa shape index (κ1) is 21.5. The van der Waals surface area contributed by atoms with E-state index in [1.165, 1.54) is 12.1 Å². The molecule has 2 aromatic rings. The van der Waals surface area contributed by atoms with Crippen molar-refractivity contribution < 1.29 is 17.9 Å². The van der Waals surface area contributed by atoms with E-state index in [0.717, 1.165) is 15.6 Å². The predicted octanol–water partition coefficient (Wildman–Crippen LogP) is 4.39. The molecule has 0 spiro atoms. The van der Waals surface area contributed by atoms with Crippen LogP contribution >= 0.6 is 15.9 Å². The van der Waals surface area contributed by atoms with Gasteiger partial charge in [-0.15, -0.1) is 0 Å². The van der Waals surface area contributed by atoms with Gasteiger partial charge in [-0.1, -0.05) is 52.3 Å². The van der Waals surface area contributed by atoms with Crippen molar-refractivity contribution in [3.63, 3.8) is 0 Å². The molecule has 0 heterocycles. The fraction of sp³-hybridized carbons (Fsp3) is 0.286. The maximum absolute atomic E-state index is 12.9. The van der Waals surface area contributed by atoms with Crippen LogP contribution in [0.3, 0.4) is 0 Å². The first-order valence-electron chi connectivity index (χ1n) is 9.10. The van der Waals surface area contributed by atoms with Crippen molar-refractivity contribution in [2.45, 2.75) is 43.4 Å². The van der Waals surface area contributed by atoms with E-state index >= 15 is 0 Å². The van der Waals surface area contributed by atoms with Gasteiger partial charge >= 0.3 is 6.09 Å². The zero-order valence-electron chi connectivity index (χ0n) is 16.3. The van der Waals surface area contributed by atoms with Gasteiger partial charge in [0.25, 0.3) is 0 Å². The Bertz CT molecular complexity index is 1030. The van der Waals surface area contributed by atoms with Crippen LogP contribution < -0.4 is 10.0 Å². The highest BCUT2D eigenvalue weighted by Crippen LogP contribution is 2.29. The predicted molar refractivity (Wildman–Crippen MR) is 116 cm³/mol. The number of fused-ring (bicyclic) bond motifs is 1. The highest BCUT2D eigenvalue weighted by atomic mass is 79.9. The van der Waals surface area contributed by atoms with Gasteiger partial charge in [-0.05, 0) is 56.2 Å². The third-order valence-corrected chi connectivity index (χ3v) is 6.26. The fourth-order valence-corrected chi connectivity index (χ4v) is 4.50. The number of benzene rings is 2. The van der Waals surface area contributed by atoms with Gasteiger partial charge in [-0.2, -0.15) is 0 Å². The van der Waals surface area contributed by atoms with Crippen LogP contribution in [-0.2, 0) is 14.8 Å². The van der Waals surface area contributed by atoms with Crippen LogP contribution in [0.25, 0.3) is 6.08 Å². The van der Waals surface area contributed by atoms with E-state index in [-0.39, 0.29) is 4.90 Å². The average Bonchev–Trinajstić information content (AvgIpc) is 2.62. The van der Waals surface area contributed by atoms with Crippen molar-refractivity contribution in [1.82, 2.24) is 10.0 Å². The number of carbonyl (C=O) groups excluding carboxylic acids is 1. The monoisotopic (exact) mass is 478 g/mol. The highest BCUT2D eigenvalue weighted by Gasteiger charge is 2.32. The molecule has 6 nitrogen and oxygen atoms in total. The molecule has 2 aromatic carbocycles. The molecule has 0 aromatic heterocycles. The lowest BCUT2D eigenvalue weighted by Crippen LogP contribution is -2.47. The fourth-order valence-electron chi connectivity index (χ4n) is 3.03. The number of nitrogens with one attached hydrogen (secondary N) is 2. The Kier molecular flexibility index (Phi) is 6.16. The SMILES string of the molecule is CC(C)(C)OC(=O)N[C@@H]1c2ccccc2C=C[C@@H]1NS(=O)(=O)c1ccc(Br)cc1. The van der Waals surface area contributed by atoms with Crippen molar-refractivity contribution in [3.8, 4) is 0 Å². The molecule has 8 heteroatoms. The largest absolute Gasteiger partial charge is 0.444 e. The molecule has 0 fully saturated rings. The van der Waals surface area contributed by atoms with E-state index in [9.17, 15) is 13.2 Å². The molecule has 1 amide bonds. The Morgan fingerprint density at radius 2 is 1.72 bits per heavy atom. The van der Waals surface area contributed by atoms with Gasteiger partial charge in [0.1, 0.15) is 5.60 Å². The lowest BCUT2D eigenvalue weighted by Gasteiger charge is -2.32. The number of halogens is 1. The van der Waals surface area contributed by atoms with Crippen molar-refractivity contribution in [2.24, 2.45) is 0 Å². The van der Waals surface area contributed by atoms with E-state index in [1.807, 2.05) is 30.3 Å². The van der Waals surface area contributed by atoms with Gasteiger partial charge in [0.2, 0.25) is 10.0 Å². The molecule has 29 heavy (non-hydrogen) atoms. The summed E-state index contributed by atoms with van der Waals surface area (Å²) in [6, 6.07) is 12.6. The number of alkyl carbamates (subject to hydrolysis) is 1. The Labute approximate surface area is 179 Å². The first-order chi connectivity index (χ1) is 13.5. The highest BCUT2D eigenvalue weighted by molar-refractivity contribution is 9.10. The van der Waals surface area contributed by atoms with E-state index in [0.29, 0.717) is 0 Å². The molecule has 2 N–H and O–H groups in total. The molecule has 0 saturated heterocycles. The standard InChI is InChI=1S/C21H23BrN2O4S/c1-21(2,3)28-20(25)23-19-17-7-5-4-6-14(17)8-13-18(19)24-29(26,27)16-11-9-15(22)10-12-16/h4-13,18-19,24H,1-3H3,(H,23,25)/t18-,19+/m0/s1. The summed E-state index contributed by atoms with van der Waals surface area (Å²) < 4.78 is 34.6. The van der Waals surface area contributed by atoms with Crippen LogP contribution in [0.1, 0.15) is 37.9 Å². The lowest BCUT2D eigenvalue weighted by molar-refractivity contribution is 0.0498. The molecule has 3 rings (SSSR count). The van der Waals surface area contributed by atoms with Gasteiger partial charge in [-0.25, -0.2) is 17.9 Å². The van der Waals surface area contributed by atoms with Gasteiger partial charge in [-0.3, -0.25) is 0 Å². The summed E-state index contributed by atoms with van der Waals surface area (Å²) in [7, 11) is -3.80.